The Morgan fingerprint density at radius 1 is 1.07 bits per heavy atom. The van der Waals surface area contributed by atoms with Gasteiger partial charge in [-0.15, -0.1) is 0 Å². The second-order valence-electron chi connectivity index (χ2n) is 8.14. The molecule has 4 nitrogen and oxygen atoms in total. The summed E-state index contributed by atoms with van der Waals surface area (Å²) in [4.78, 5) is 7.31. The summed E-state index contributed by atoms with van der Waals surface area (Å²) >= 11 is 0. The normalized spacial score (nSPS) is 24.8. The number of hydrogen-bond acceptors (Lipinski definition) is 4. The smallest absolute Gasteiger partial charge is 0.166 e. The monoisotopic (exact) mass is 364 g/mol. The van der Waals surface area contributed by atoms with Gasteiger partial charge in [-0.25, -0.2) is 0 Å². The van der Waals surface area contributed by atoms with E-state index >= 15 is 0 Å². The highest BCUT2D eigenvalue weighted by molar-refractivity contribution is 5.47. The lowest BCUT2D eigenvalue weighted by molar-refractivity contribution is 0.157. The number of rotatable bonds is 5. The Morgan fingerprint density at radius 2 is 1.96 bits per heavy atom. The maximum absolute atomic E-state index is 6.47. The predicted molar refractivity (Wildman–Crippen MR) is 105 cm³/mol. The lowest BCUT2D eigenvalue weighted by Gasteiger charge is -2.36. The molecule has 2 fully saturated rings. The van der Waals surface area contributed by atoms with Crippen molar-refractivity contribution in [2.24, 2.45) is 0 Å². The van der Waals surface area contributed by atoms with Gasteiger partial charge in [0.25, 0.3) is 0 Å². The van der Waals surface area contributed by atoms with E-state index in [1.165, 1.54) is 42.5 Å². The number of benzene rings is 1. The molecule has 0 N–H and O–H groups in total. The Balaban J connectivity index is 1.44. The summed E-state index contributed by atoms with van der Waals surface area (Å²) in [5.41, 5.74) is 3.98. The highest BCUT2D eigenvalue weighted by Crippen LogP contribution is 2.45. The average molecular weight is 364 g/mol. The van der Waals surface area contributed by atoms with E-state index in [-0.39, 0.29) is 0 Å². The van der Waals surface area contributed by atoms with Crippen LogP contribution in [0.2, 0.25) is 0 Å². The summed E-state index contributed by atoms with van der Waals surface area (Å²) in [5.74, 6) is 1.83. The van der Waals surface area contributed by atoms with Crippen molar-refractivity contribution >= 4 is 0 Å². The molecular formula is C23H28N2O2. The van der Waals surface area contributed by atoms with Crippen molar-refractivity contribution in [1.82, 2.24) is 9.88 Å². The van der Waals surface area contributed by atoms with E-state index in [9.17, 15) is 0 Å². The highest BCUT2D eigenvalue weighted by Gasteiger charge is 2.40. The molecule has 2 aliphatic heterocycles. The molecule has 1 saturated heterocycles. The molecular weight excluding hydrogens is 336 g/mol. The van der Waals surface area contributed by atoms with Crippen molar-refractivity contribution in [2.75, 3.05) is 7.11 Å². The molecule has 1 saturated carbocycles. The van der Waals surface area contributed by atoms with E-state index in [2.05, 4.69) is 34.1 Å². The van der Waals surface area contributed by atoms with Crippen LogP contribution < -0.4 is 9.47 Å². The number of nitrogens with zero attached hydrogens (tertiary/aromatic N) is 2. The summed E-state index contributed by atoms with van der Waals surface area (Å²) in [5, 5.41) is 0. The van der Waals surface area contributed by atoms with Crippen molar-refractivity contribution in [3.63, 3.8) is 0 Å². The minimum atomic E-state index is 0.336. The fourth-order valence-corrected chi connectivity index (χ4v) is 5.23. The molecule has 5 rings (SSSR count). The topological polar surface area (TPSA) is 34.6 Å². The minimum absolute atomic E-state index is 0.336. The second-order valence-corrected chi connectivity index (χ2v) is 8.14. The lowest BCUT2D eigenvalue weighted by atomic mass is 9.97. The van der Waals surface area contributed by atoms with Crippen LogP contribution in [-0.2, 0) is 13.0 Å². The summed E-state index contributed by atoms with van der Waals surface area (Å²) in [6, 6.07) is 11.7. The van der Waals surface area contributed by atoms with Gasteiger partial charge in [-0.3, -0.25) is 9.88 Å². The lowest BCUT2D eigenvalue weighted by Crippen LogP contribution is -2.37. The van der Waals surface area contributed by atoms with Crippen LogP contribution in [0, 0.1) is 0 Å². The van der Waals surface area contributed by atoms with Crippen LogP contribution in [0.3, 0.4) is 0 Å². The van der Waals surface area contributed by atoms with Gasteiger partial charge in [-0.05, 0) is 56.2 Å². The van der Waals surface area contributed by atoms with Gasteiger partial charge in [0.1, 0.15) is 0 Å². The molecule has 1 aromatic carbocycles. The van der Waals surface area contributed by atoms with Crippen LogP contribution in [-0.4, -0.2) is 29.1 Å². The zero-order valence-corrected chi connectivity index (χ0v) is 16.1. The largest absolute Gasteiger partial charge is 0.493 e. The summed E-state index contributed by atoms with van der Waals surface area (Å²) in [6.07, 6.45) is 10.7. The zero-order valence-electron chi connectivity index (χ0n) is 16.1. The third kappa shape index (κ3) is 3.10. The number of aromatic nitrogens is 1. The first-order valence-electron chi connectivity index (χ1n) is 10.4. The highest BCUT2D eigenvalue weighted by atomic mass is 16.5. The Morgan fingerprint density at radius 3 is 2.81 bits per heavy atom. The van der Waals surface area contributed by atoms with Gasteiger partial charge in [0.15, 0.2) is 11.5 Å². The predicted octanol–water partition coefficient (Wildman–Crippen LogP) is 4.67. The third-order valence-corrected chi connectivity index (χ3v) is 6.58. The van der Waals surface area contributed by atoms with Crippen molar-refractivity contribution < 1.29 is 9.47 Å². The SMILES string of the molecule is COc1cccc(CN2[C@H]3CC[C@H]2c2cccnc2C3)c1OC1CCCC1. The molecule has 4 heteroatoms. The fraction of sp³-hybridized carbons (Fsp3) is 0.522. The minimum Gasteiger partial charge on any atom is -0.493 e. The van der Waals surface area contributed by atoms with Gasteiger partial charge in [0.05, 0.1) is 13.2 Å². The number of hydrogen-bond donors (Lipinski definition) is 0. The first-order valence-corrected chi connectivity index (χ1v) is 10.4. The van der Waals surface area contributed by atoms with Crippen LogP contribution in [0.1, 0.15) is 61.4 Å². The summed E-state index contributed by atoms with van der Waals surface area (Å²) in [7, 11) is 1.74. The first kappa shape index (κ1) is 17.1. The van der Waals surface area contributed by atoms with Gasteiger partial charge < -0.3 is 9.47 Å². The molecule has 0 radical (unpaired) electrons. The third-order valence-electron chi connectivity index (χ3n) is 6.58. The van der Waals surface area contributed by atoms with Gasteiger partial charge >= 0.3 is 0 Å². The molecule has 27 heavy (non-hydrogen) atoms. The van der Waals surface area contributed by atoms with E-state index in [1.54, 1.807) is 7.11 Å². The van der Waals surface area contributed by atoms with Crippen LogP contribution in [0.4, 0.5) is 0 Å². The molecule has 2 bridgehead atoms. The van der Waals surface area contributed by atoms with Gasteiger partial charge in [-0.2, -0.15) is 0 Å². The van der Waals surface area contributed by atoms with Gasteiger partial charge in [-0.1, -0.05) is 18.2 Å². The van der Waals surface area contributed by atoms with Crippen LogP contribution in [0.15, 0.2) is 36.5 Å². The second kappa shape index (κ2) is 7.16. The summed E-state index contributed by atoms with van der Waals surface area (Å²) in [6.45, 7) is 0.920. The molecule has 2 aromatic rings. The summed E-state index contributed by atoms with van der Waals surface area (Å²) < 4.78 is 12.1. The maximum atomic E-state index is 6.47. The van der Waals surface area contributed by atoms with Crippen LogP contribution in [0.25, 0.3) is 0 Å². The Bertz CT molecular complexity index is 816. The molecule has 2 atom stereocenters. The number of ether oxygens (including phenoxy) is 2. The Hall–Kier alpha value is -2.07. The van der Waals surface area contributed by atoms with E-state index in [1.807, 2.05) is 12.3 Å². The van der Waals surface area contributed by atoms with Crippen LogP contribution in [0.5, 0.6) is 11.5 Å². The quantitative estimate of drug-likeness (QED) is 0.772. The molecule has 3 aliphatic rings. The Kier molecular flexibility index (Phi) is 4.52. The van der Waals surface area contributed by atoms with Crippen molar-refractivity contribution in [1.29, 1.82) is 0 Å². The molecule has 142 valence electrons. The average Bonchev–Trinajstić information content (AvgIpc) is 3.30. The molecule has 0 unspecified atom stereocenters. The van der Waals surface area contributed by atoms with Crippen molar-refractivity contribution in [3.05, 3.63) is 53.3 Å². The standard InChI is InChI=1S/C23H28N2O2/c1-26-22-10-4-6-16(23(22)27-18-7-2-3-8-18)15-25-17-11-12-21(25)19-9-5-13-24-20(19)14-17/h4-6,9-10,13,17-18,21H,2-3,7-8,11-12,14-15H2,1H3/t17-,21-/m0/s1. The Labute approximate surface area is 161 Å². The number of methoxy groups -OCH3 is 1. The van der Waals surface area contributed by atoms with E-state index in [0.717, 1.165) is 37.3 Å². The molecule has 1 aliphatic carbocycles. The molecule has 0 amide bonds. The molecule has 1 aromatic heterocycles. The number of fused-ring (bicyclic) bond motifs is 4. The van der Waals surface area contributed by atoms with E-state index in [0.29, 0.717) is 18.2 Å². The fourth-order valence-electron chi connectivity index (χ4n) is 5.23. The van der Waals surface area contributed by atoms with E-state index < -0.39 is 0 Å². The molecule has 0 spiro atoms. The van der Waals surface area contributed by atoms with Gasteiger partial charge in [0, 0.05) is 42.5 Å². The number of pyridine rings is 1. The first-order chi connectivity index (χ1) is 13.3. The zero-order chi connectivity index (χ0) is 18.2. The van der Waals surface area contributed by atoms with Crippen LogP contribution >= 0.6 is 0 Å². The van der Waals surface area contributed by atoms with Gasteiger partial charge in [0.2, 0.25) is 0 Å². The van der Waals surface area contributed by atoms with Crippen molar-refractivity contribution in [3.8, 4) is 11.5 Å². The van der Waals surface area contributed by atoms with E-state index in [4.69, 9.17) is 9.47 Å². The van der Waals surface area contributed by atoms with Crippen molar-refractivity contribution in [2.45, 2.75) is 69.7 Å². The number of para-hydroxylation sites is 1. The molecule has 3 heterocycles. The maximum Gasteiger partial charge on any atom is 0.166 e.